The van der Waals surface area contributed by atoms with Crippen LogP contribution in [0, 0.1) is 12.8 Å². The number of rotatable bonds is 11. The van der Waals surface area contributed by atoms with Crippen LogP contribution in [0.15, 0.2) is 48.7 Å². The summed E-state index contributed by atoms with van der Waals surface area (Å²) < 4.78 is 5.63. The minimum Gasteiger partial charge on any atom is -0.480 e. The second kappa shape index (κ2) is 14.8. The van der Waals surface area contributed by atoms with Crippen LogP contribution in [0.2, 0.25) is 10.0 Å². The minimum atomic E-state index is -0.0642. The smallest absolute Gasteiger partial charge is 0.237 e. The van der Waals surface area contributed by atoms with Crippen molar-refractivity contribution in [2.45, 2.75) is 52.6 Å². The number of hydrogen-bond donors (Lipinski definition) is 1. The number of carbonyl (C=O) groups is 1. The van der Waals surface area contributed by atoms with Gasteiger partial charge in [0, 0.05) is 55.9 Å². The number of aryl methyl sites for hydroxylation is 1. The molecular formula is C37H41Cl2N5O3. The van der Waals surface area contributed by atoms with Gasteiger partial charge in [-0.1, -0.05) is 66.5 Å². The summed E-state index contributed by atoms with van der Waals surface area (Å²) in [5.41, 5.74) is 8.09. The van der Waals surface area contributed by atoms with E-state index in [2.05, 4.69) is 23.6 Å². The van der Waals surface area contributed by atoms with Crippen LogP contribution in [0.5, 0.6) is 5.88 Å². The molecule has 8 nitrogen and oxygen atoms in total. The van der Waals surface area contributed by atoms with Crippen LogP contribution < -0.4 is 4.74 Å². The largest absolute Gasteiger partial charge is 0.480 e. The van der Waals surface area contributed by atoms with Gasteiger partial charge in [0.15, 0.2) is 5.78 Å². The summed E-state index contributed by atoms with van der Waals surface area (Å²) in [4.78, 5) is 32.6. The van der Waals surface area contributed by atoms with Crippen molar-refractivity contribution in [3.63, 3.8) is 0 Å². The molecule has 4 aromatic rings. The van der Waals surface area contributed by atoms with Gasteiger partial charge in [0.05, 0.1) is 34.7 Å². The first kappa shape index (κ1) is 33.5. The zero-order valence-electron chi connectivity index (χ0n) is 27.2. The van der Waals surface area contributed by atoms with Crippen LogP contribution in [-0.4, -0.2) is 75.5 Å². The molecule has 2 aliphatic rings. The summed E-state index contributed by atoms with van der Waals surface area (Å²) in [6.07, 6.45) is 4.87. The predicted octanol–water partition coefficient (Wildman–Crippen LogP) is 6.84. The number of aromatic nitrogens is 3. The Hall–Kier alpha value is -3.40. The van der Waals surface area contributed by atoms with E-state index in [-0.39, 0.29) is 18.8 Å². The van der Waals surface area contributed by atoms with Crippen LogP contribution in [0.3, 0.4) is 0 Å². The highest BCUT2D eigenvalue weighted by atomic mass is 35.5. The number of hydrogen-bond acceptors (Lipinski definition) is 8. The highest BCUT2D eigenvalue weighted by Gasteiger charge is 2.25. The number of carbonyl (C=O) groups excluding carboxylic acids is 1. The summed E-state index contributed by atoms with van der Waals surface area (Å²) >= 11 is 14.1. The Bertz CT molecular complexity index is 1780. The maximum atomic E-state index is 13.6. The predicted molar refractivity (Wildman–Crippen MR) is 186 cm³/mol. The van der Waals surface area contributed by atoms with E-state index in [9.17, 15) is 9.90 Å². The number of aliphatic hydroxyl groups excluding tert-OH is 1. The molecule has 0 bridgehead atoms. The maximum absolute atomic E-state index is 13.6. The number of aliphatic hydroxyl groups is 1. The van der Waals surface area contributed by atoms with Gasteiger partial charge >= 0.3 is 0 Å². The molecule has 2 aromatic heterocycles. The van der Waals surface area contributed by atoms with Crippen molar-refractivity contribution in [3.05, 3.63) is 92.5 Å². The quantitative estimate of drug-likeness (QED) is 0.173. The molecule has 0 spiro atoms. The molecule has 2 aliphatic heterocycles. The number of halogens is 2. The number of nitrogens with zero attached hydrogens (tertiary/aromatic N) is 5. The van der Waals surface area contributed by atoms with Gasteiger partial charge in [-0.25, -0.2) is 9.97 Å². The fourth-order valence-electron chi connectivity index (χ4n) is 6.79. The van der Waals surface area contributed by atoms with E-state index >= 15 is 0 Å². The Balaban J connectivity index is 1.24. The Labute approximate surface area is 286 Å². The van der Waals surface area contributed by atoms with E-state index < -0.39 is 0 Å². The van der Waals surface area contributed by atoms with E-state index in [0.29, 0.717) is 45.3 Å². The number of ether oxygens (including phenoxy) is 1. The van der Waals surface area contributed by atoms with Crippen LogP contribution in [0.4, 0.5) is 0 Å². The van der Waals surface area contributed by atoms with Gasteiger partial charge in [0.2, 0.25) is 5.88 Å². The molecule has 2 aromatic carbocycles. The normalized spacial score (nSPS) is 16.8. The van der Waals surface area contributed by atoms with Gasteiger partial charge < -0.3 is 9.84 Å². The van der Waals surface area contributed by atoms with E-state index in [1.165, 1.54) is 5.56 Å². The molecule has 0 radical (unpaired) electrons. The number of ketones is 1. The molecule has 47 heavy (non-hydrogen) atoms. The minimum absolute atomic E-state index is 0.0642. The third-order valence-electron chi connectivity index (χ3n) is 9.31. The SMILES string of the molecule is CCCN1CCc2c(C)cc(C(=O)Cc3cccc(-c4cccc(-c5cnc(CN6CCC(CO)C6)c(OC)n5)c4Cl)c3Cl)nc2C1. The van der Waals surface area contributed by atoms with Crippen LogP contribution >= 0.6 is 23.2 Å². The summed E-state index contributed by atoms with van der Waals surface area (Å²) in [5.74, 6) is 0.671. The monoisotopic (exact) mass is 673 g/mol. The average Bonchev–Trinajstić information content (AvgIpc) is 3.54. The molecule has 0 amide bonds. The lowest BCUT2D eigenvalue weighted by Gasteiger charge is -2.29. The van der Waals surface area contributed by atoms with Gasteiger partial charge in [-0.05, 0) is 68.0 Å². The molecule has 0 aliphatic carbocycles. The third kappa shape index (κ3) is 7.22. The molecule has 10 heteroatoms. The molecule has 1 fully saturated rings. The van der Waals surface area contributed by atoms with E-state index in [4.69, 9.17) is 42.9 Å². The molecule has 1 atom stereocenters. The molecule has 0 saturated carbocycles. The van der Waals surface area contributed by atoms with E-state index in [1.807, 2.05) is 42.5 Å². The van der Waals surface area contributed by atoms with Crippen molar-refractivity contribution >= 4 is 29.0 Å². The summed E-state index contributed by atoms with van der Waals surface area (Å²) in [6.45, 7) is 9.60. The Kier molecular flexibility index (Phi) is 10.5. The lowest BCUT2D eigenvalue weighted by Crippen LogP contribution is -2.32. The molecule has 4 heterocycles. The molecule has 246 valence electrons. The zero-order chi connectivity index (χ0) is 33.1. The number of benzene rings is 2. The number of methoxy groups -OCH3 is 1. The standard InChI is InChI=1S/C37H41Cl2N5O3/c1-4-13-43-15-12-26-23(2)16-30(41-32(26)20-43)34(46)17-25-7-5-8-27(35(25)38)28-9-6-10-29(36(28)39)31-18-40-33(37(42-31)47-3)21-44-14-11-24(19-44)22-45/h5-10,16,18,24,45H,4,11-15,17,19-22H2,1-3H3. The summed E-state index contributed by atoms with van der Waals surface area (Å²) in [5, 5.41) is 10.5. The number of likely N-dealkylation sites (tertiary alicyclic amines) is 1. The van der Waals surface area contributed by atoms with Gasteiger partial charge in [-0.2, -0.15) is 0 Å². The molecule has 1 saturated heterocycles. The topological polar surface area (TPSA) is 91.7 Å². The highest BCUT2D eigenvalue weighted by molar-refractivity contribution is 6.38. The number of fused-ring (bicyclic) bond motifs is 1. The first-order chi connectivity index (χ1) is 22.8. The van der Waals surface area contributed by atoms with Gasteiger partial charge in [0.1, 0.15) is 11.4 Å². The van der Waals surface area contributed by atoms with Crippen molar-refractivity contribution in [2.24, 2.45) is 5.92 Å². The molecule has 6 rings (SSSR count). The van der Waals surface area contributed by atoms with E-state index in [1.54, 1.807) is 13.3 Å². The number of Topliss-reactive ketones (excluding diaryl/α,β-unsaturated/α-hetero) is 1. The average molecular weight is 675 g/mol. The first-order valence-electron chi connectivity index (χ1n) is 16.3. The Morgan fingerprint density at radius 1 is 1.04 bits per heavy atom. The van der Waals surface area contributed by atoms with Gasteiger partial charge in [-0.15, -0.1) is 0 Å². The van der Waals surface area contributed by atoms with Crippen LogP contribution in [-0.2, 0) is 25.9 Å². The van der Waals surface area contributed by atoms with Crippen molar-refractivity contribution in [1.29, 1.82) is 0 Å². The lowest BCUT2D eigenvalue weighted by molar-refractivity contribution is 0.0987. The summed E-state index contributed by atoms with van der Waals surface area (Å²) in [6, 6.07) is 13.3. The molecule has 1 unspecified atom stereocenters. The van der Waals surface area contributed by atoms with Crippen molar-refractivity contribution in [1.82, 2.24) is 24.8 Å². The maximum Gasteiger partial charge on any atom is 0.237 e. The fourth-order valence-corrected chi connectivity index (χ4v) is 7.41. The molecule has 1 N–H and O–H groups in total. The second-order valence-electron chi connectivity index (χ2n) is 12.6. The summed E-state index contributed by atoms with van der Waals surface area (Å²) in [7, 11) is 1.59. The van der Waals surface area contributed by atoms with Crippen molar-refractivity contribution < 1.29 is 14.6 Å². The highest BCUT2D eigenvalue weighted by Crippen LogP contribution is 2.40. The zero-order valence-corrected chi connectivity index (χ0v) is 28.7. The number of pyridine rings is 1. The Morgan fingerprint density at radius 2 is 1.81 bits per heavy atom. The third-order valence-corrected chi connectivity index (χ3v) is 10.2. The van der Waals surface area contributed by atoms with Crippen molar-refractivity contribution in [2.75, 3.05) is 39.9 Å². The van der Waals surface area contributed by atoms with Gasteiger partial charge in [-0.3, -0.25) is 19.6 Å². The van der Waals surface area contributed by atoms with Gasteiger partial charge in [0.25, 0.3) is 0 Å². The van der Waals surface area contributed by atoms with Crippen molar-refractivity contribution in [3.8, 4) is 28.3 Å². The second-order valence-corrected chi connectivity index (χ2v) is 13.4. The molecular weight excluding hydrogens is 633 g/mol. The van der Waals surface area contributed by atoms with Crippen LogP contribution in [0.1, 0.15) is 58.3 Å². The fraction of sp³-hybridized carbons (Fsp3) is 0.405. The Morgan fingerprint density at radius 3 is 2.55 bits per heavy atom. The lowest BCUT2D eigenvalue weighted by atomic mass is 9.95. The van der Waals surface area contributed by atoms with Crippen LogP contribution in [0.25, 0.3) is 22.4 Å². The first-order valence-corrected chi connectivity index (χ1v) is 17.1. The van der Waals surface area contributed by atoms with E-state index in [0.717, 1.165) is 85.6 Å².